The third kappa shape index (κ3) is 4.01. The topological polar surface area (TPSA) is 50.7 Å². The van der Waals surface area contributed by atoms with Gasteiger partial charge in [0.1, 0.15) is 5.82 Å². The zero-order chi connectivity index (χ0) is 15.4. The summed E-state index contributed by atoms with van der Waals surface area (Å²) < 4.78 is 1.86. The highest BCUT2D eigenvalue weighted by Crippen LogP contribution is 2.31. The van der Waals surface area contributed by atoms with Gasteiger partial charge in [0.25, 0.3) is 0 Å². The quantitative estimate of drug-likeness (QED) is 0.748. The van der Waals surface area contributed by atoms with Crippen molar-refractivity contribution in [2.75, 3.05) is 11.9 Å². The Morgan fingerprint density at radius 2 is 1.95 bits per heavy atom. The van der Waals surface area contributed by atoms with Crippen molar-refractivity contribution in [2.24, 2.45) is 0 Å². The fourth-order valence-corrected chi connectivity index (χ4v) is 3.01. The minimum absolute atomic E-state index is 0.309. The zero-order valence-corrected chi connectivity index (χ0v) is 15.5. The van der Waals surface area contributed by atoms with Gasteiger partial charge in [0.15, 0.2) is 5.82 Å². The first kappa shape index (κ1) is 16.4. The van der Waals surface area contributed by atoms with Crippen LogP contribution in [0.2, 0.25) is 0 Å². The van der Waals surface area contributed by atoms with Crippen LogP contribution in [0, 0.1) is 0 Å². The highest BCUT2D eigenvalue weighted by atomic mass is 79.9. The molecule has 4 nitrogen and oxygen atoms in total. The zero-order valence-electron chi connectivity index (χ0n) is 12.3. The van der Waals surface area contributed by atoms with Crippen LogP contribution in [-0.4, -0.2) is 21.5 Å². The molecule has 0 amide bonds. The molecule has 6 heteroatoms. The number of nitrogens with one attached hydrogen (secondary N) is 1. The van der Waals surface area contributed by atoms with Crippen molar-refractivity contribution in [1.82, 2.24) is 15.0 Å². The summed E-state index contributed by atoms with van der Waals surface area (Å²) in [6, 6.07) is 1.98. The molecule has 0 fully saturated rings. The Morgan fingerprint density at radius 3 is 2.57 bits per heavy atom. The molecule has 0 unspecified atom stereocenters. The fraction of sp³-hybridized carbons (Fsp3) is 0.400. The molecule has 0 radical (unpaired) electrons. The van der Waals surface area contributed by atoms with Crippen molar-refractivity contribution >= 4 is 37.7 Å². The molecular weight excluding hydrogens is 396 g/mol. The van der Waals surface area contributed by atoms with Gasteiger partial charge in [-0.3, -0.25) is 4.98 Å². The van der Waals surface area contributed by atoms with E-state index in [4.69, 9.17) is 4.98 Å². The van der Waals surface area contributed by atoms with E-state index in [2.05, 4.69) is 67.9 Å². The molecule has 0 bridgehead atoms. The van der Waals surface area contributed by atoms with Crippen LogP contribution < -0.4 is 5.32 Å². The Labute approximate surface area is 142 Å². The van der Waals surface area contributed by atoms with Gasteiger partial charge in [-0.25, -0.2) is 9.97 Å². The number of hydrogen-bond donors (Lipinski definition) is 1. The van der Waals surface area contributed by atoms with Crippen LogP contribution in [-0.2, 0) is 0 Å². The van der Waals surface area contributed by atoms with Crippen LogP contribution >= 0.6 is 31.9 Å². The number of halogens is 2. The molecule has 0 aromatic carbocycles. The number of anilines is 1. The van der Waals surface area contributed by atoms with Gasteiger partial charge in [0.2, 0.25) is 0 Å². The van der Waals surface area contributed by atoms with Crippen molar-refractivity contribution in [1.29, 1.82) is 0 Å². The van der Waals surface area contributed by atoms with E-state index in [1.165, 1.54) is 0 Å². The summed E-state index contributed by atoms with van der Waals surface area (Å²) in [4.78, 5) is 13.5. The van der Waals surface area contributed by atoms with Gasteiger partial charge in [0.05, 0.1) is 10.2 Å². The highest BCUT2D eigenvalue weighted by Gasteiger charge is 2.16. The van der Waals surface area contributed by atoms with Crippen LogP contribution in [0.4, 0.5) is 5.82 Å². The summed E-state index contributed by atoms with van der Waals surface area (Å²) in [5, 5.41) is 3.35. The van der Waals surface area contributed by atoms with Crippen molar-refractivity contribution < 1.29 is 0 Å². The lowest BCUT2D eigenvalue weighted by Gasteiger charge is -2.14. The Hall–Kier alpha value is -1.01. The van der Waals surface area contributed by atoms with Crippen molar-refractivity contribution in [3.8, 4) is 11.4 Å². The molecule has 21 heavy (non-hydrogen) atoms. The smallest absolute Gasteiger partial charge is 0.163 e. The van der Waals surface area contributed by atoms with E-state index < -0.39 is 0 Å². The van der Waals surface area contributed by atoms with E-state index in [0.717, 1.165) is 39.0 Å². The van der Waals surface area contributed by atoms with Gasteiger partial charge in [-0.1, -0.05) is 20.8 Å². The molecule has 0 saturated carbocycles. The molecule has 0 spiro atoms. The number of rotatable bonds is 5. The standard InChI is InChI=1S/C15H18Br2N4/c1-4-5-19-15-12(17)13(9(2)3)20-14(21-15)10-6-11(16)8-18-7-10/h6-9H,4-5H2,1-3H3,(H,19,20,21). The second-order valence-electron chi connectivity index (χ2n) is 5.07. The number of hydrogen-bond acceptors (Lipinski definition) is 4. The molecule has 0 atom stereocenters. The van der Waals surface area contributed by atoms with E-state index in [1.54, 1.807) is 12.4 Å². The molecule has 0 aliphatic rings. The van der Waals surface area contributed by atoms with E-state index >= 15 is 0 Å². The van der Waals surface area contributed by atoms with Gasteiger partial charge >= 0.3 is 0 Å². The first-order chi connectivity index (χ1) is 10.0. The molecule has 0 saturated heterocycles. The van der Waals surface area contributed by atoms with E-state index in [-0.39, 0.29) is 0 Å². The van der Waals surface area contributed by atoms with E-state index in [0.29, 0.717) is 11.7 Å². The van der Waals surface area contributed by atoms with Crippen LogP contribution in [0.1, 0.15) is 38.8 Å². The molecule has 0 aliphatic heterocycles. The predicted molar refractivity (Wildman–Crippen MR) is 93.5 cm³/mol. The number of aromatic nitrogens is 3. The summed E-state index contributed by atoms with van der Waals surface area (Å²) >= 11 is 7.06. The minimum Gasteiger partial charge on any atom is -0.369 e. The maximum absolute atomic E-state index is 4.69. The van der Waals surface area contributed by atoms with Crippen LogP contribution in [0.25, 0.3) is 11.4 Å². The maximum Gasteiger partial charge on any atom is 0.163 e. The monoisotopic (exact) mass is 412 g/mol. The summed E-state index contributed by atoms with van der Waals surface area (Å²) in [5.41, 5.74) is 1.90. The van der Waals surface area contributed by atoms with Crippen LogP contribution in [0.5, 0.6) is 0 Å². The molecule has 2 aromatic rings. The Balaban J connectivity index is 2.53. The van der Waals surface area contributed by atoms with E-state index in [9.17, 15) is 0 Å². The summed E-state index contributed by atoms with van der Waals surface area (Å²) in [6.07, 6.45) is 4.57. The van der Waals surface area contributed by atoms with Crippen molar-refractivity contribution in [3.63, 3.8) is 0 Å². The fourth-order valence-electron chi connectivity index (χ4n) is 1.87. The Kier molecular flexibility index (Phi) is 5.70. The molecule has 112 valence electrons. The van der Waals surface area contributed by atoms with Crippen molar-refractivity contribution in [3.05, 3.63) is 33.1 Å². The van der Waals surface area contributed by atoms with Crippen LogP contribution in [0.15, 0.2) is 27.4 Å². The summed E-state index contributed by atoms with van der Waals surface area (Å²) in [7, 11) is 0. The molecule has 0 aliphatic carbocycles. The molecule has 1 N–H and O–H groups in total. The second-order valence-corrected chi connectivity index (χ2v) is 6.78. The number of pyridine rings is 1. The highest BCUT2D eigenvalue weighted by molar-refractivity contribution is 9.11. The maximum atomic E-state index is 4.69. The number of nitrogens with zero attached hydrogens (tertiary/aromatic N) is 3. The lowest BCUT2D eigenvalue weighted by Crippen LogP contribution is -2.08. The second kappa shape index (κ2) is 7.31. The Bertz CT molecular complexity index is 629. The average Bonchev–Trinajstić information content (AvgIpc) is 2.46. The minimum atomic E-state index is 0.309. The lowest BCUT2D eigenvalue weighted by atomic mass is 10.1. The SMILES string of the molecule is CCCNc1nc(-c2cncc(Br)c2)nc(C(C)C)c1Br. The van der Waals surface area contributed by atoms with Crippen molar-refractivity contribution in [2.45, 2.75) is 33.1 Å². The molecular formula is C15H18Br2N4. The lowest BCUT2D eigenvalue weighted by molar-refractivity contribution is 0.808. The molecule has 2 aromatic heterocycles. The third-order valence-corrected chi connectivity index (χ3v) is 4.14. The predicted octanol–water partition coefficient (Wildman–Crippen LogP) is 5.01. The molecule has 2 rings (SSSR count). The normalized spacial score (nSPS) is 11.0. The first-order valence-electron chi connectivity index (χ1n) is 6.95. The summed E-state index contributed by atoms with van der Waals surface area (Å²) in [5.74, 6) is 1.84. The first-order valence-corrected chi connectivity index (χ1v) is 8.53. The molecule has 2 heterocycles. The Morgan fingerprint density at radius 1 is 1.19 bits per heavy atom. The summed E-state index contributed by atoms with van der Waals surface area (Å²) in [6.45, 7) is 7.26. The van der Waals surface area contributed by atoms with Gasteiger partial charge in [-0.15, -0.1) is 0 Å². The van der Waals surface area contributed by atoms with Gasteiger partial charge in [-0.05, 0) is 50.3 Å². The average molecular weight is 414 g/mol. The van der Waals surface area contributed by atoms with Gasteiger partial charge < -0.3 is 5.32 Å². The van der Waals surface area contributed by atoms with Crippen LogP contribution in [0.3, 0.4) is 0 Å². The van der Waals surface area contributed by atoms with E-state index in [1.807, 2.05) is 6.07 Å². The van der Waals surface area contributed by atoms with Gasteiger partial charge in [-0.2, -0.15) is 0 Å². The third-order valence-electron chi connectivity index (χ3n) is 2.93. The van der Waals surface area contributed by atoms with Gasteiger partial charge in [0, 0.05) is 29.0 Å². The largest absolute Gasteiger partial charge is 0.369 e.